The van der Waals surface area contributed by atoms with Gasteiger partial charge in [-0.25, -0.2) is 4.79 Å². The van der Waals surface area contributed by atoms with Crippen LogP contribution in [-0.2, 0) is 14.3 Å². The van der Waals surface area contributed by atoms with E-state index >= 15 is 0 Å². The molecule has 0 aliphatic heterocycles. The highest BCUT2D eigenvalue weighted by Crippen LogP contribution is 2.44. The third kappa shape index (κ3) is 5.66. The molecule has 4 rings (SSSR count). The number of alkyl carbamates (subject to hydrolysis) is 1. The van der Waals surface area contributed by atoms with E-state index in [1.165, 1.54) is 4.90 Å². The van der Waals surface area contributed by atoms with Crippen molar-refractivity contribution in [2.24, 2.45) is 11.3 Å². The quantitative estimate of drug-likeness (QED) is 0.604. The van der Waals surface area contributed by atoms with Gasteiger partial charge in [-0.15, -0.1) is 0 Å². The van der Waals surface area contributed by atoms with Crippen molar-refractivity contribution in [1.82, 2.24) is 10.2 Å². The van der Waals surface area contributed by atoms with Crippen molar-refractivity contribution in [3.63, 3.8) is 0 Å². The summed E-state index contributed by atoms with van der Waals surface area (Å²) in [4.78, 5) is 38.8. The normalized spacial score (nSPS) is 19.1. The molecule has 7 heteroatoms. The predicted octanol–water partition coefficient (Wildman–Crippen LogP) is 4.65. The fourth-order valence-corrected chi connectivity index (χ4v) is 5.40. The number of amides is 2. The van der Waals surface area contributed by atoms with Crippen LogP contribution in [0.25, 0.3) is 11.1 Å². The van der Waals surface area contributed by atoms with Gasteiger partial charge in [0.05, 0.1) is 5.92 Å². The van der Waals surface area contributed by atoms with E-state index in [0.717, 1.165) is 28.7 Å². The number of hydrogen-bond acceptors (Lipinski definition) is 4. The first-order valence-electron chi connectivity index (χ1n) is 12.3. The first-order valence-corrected chi connectivity index (χ1v) is 12.3. The van der Waals surface area contributed by atoms with Crippen LogP contribution in [0.3, 0.4) is 0 Å². The van der Waals surface area contributed by atoms with Crippen LogP contribution in [0, 0.1) is 11.3 Å². The van der Waals surface area contributed by atoms with Crippen LogP contribution in [0.1, 0.15) is 57.1 Å². The Labute approximate surface area is 206 Å². The van der Waals surface area contributed by atoms with E-state index in [4.69, 9.17) is 4.74 Å². The lowest BCUT2D eigenvalue weighted by molar-refractivity contribution is -0.147. The molecular formula is C28H34N2O5. The molecule has 2 aliphatic carbocycles. The number of ether oxygens (including phenoxy) is 1. The first-order chi connectivity index (χ1) is 16.6. The summed E-state index contributed by atoms with van der Waals surface area (Å²) in [6.45, 7) is 6.11. The molecule has 35 heavy (non-hydrogen) atoms. The van der Waals surface area contributed by atoms with Gasteiger partial charge in [0.15, 0.2) is 0 Å². The van der Waals surface area contributed by atoms with Gasteiger partial charge in [-0.3, -0.25) is 9.59 Å². The highest BCUT2D eigenvalue weighted by atomic mass is 16.5. The van der Waals surface area contributed by atoms with Crippen molar-refractivity contribution in [2.75, 3.05) is 19.7 Å². The van der Waals surface area contributed by atoms with Gasteiger partial charge in [0.25, 0.3) is 0 Å². The van der Waals surface area contributed by atoms with Gasteiger partial charge < -0.3 is 20.1 Å². The van der Waals surface area contributed by atoms with Gasteiger partial charge in [-0.1, -0.05) is 75.7 Å². The Hall–Kier alpha value is -3.35. The van der Waals surface area contributed by atoms with Gasteiger partial charge in [-0.05, 0) is 40.5 Å². The third-order valence-corrected chi connectivity index (χ3v) is 6.78. The predicted molar refractivity (Wildman–Crippen MR) is 133 cm³/mol. The number of carbonyl (C=O) groups excluding carboxylic acids is 2. The van der Waals surface area contributed by atoms with Crippen molar-refractivity contribution in [1.29, 1.82) is 0 Å². The number of nitrogens with one attached hydrogen (secondary N) is 1. The van der Waals surface area contributed by atoms with E-state index in [-0.39, 0.29) is 36.4 Å². The standard InChI is InChI=1S/C28H34N2O5/c1-28(2,3)17-30(15-25(31)32)26(33)22-13-8-14-24(22)29-27(34)35-16-23-20-11-6-4-9-18(20)19-10-5-7-12-21(19)23/h4-7,9-12,22-24H,8,13-17H2,1-3H3,(H,29,34)(H,31,32)/t22-,24+/m0/s1. The summed E-state index contributed by atoms with van der Waals surface area (Å²) in [7, 11) is 0. The zero-order valence-corrected chi connectivity index (χ0v) is 20.6. The van der Waals surface area contributed by atoms with Gasteiger partial charge in [-0.2, -0.15) is 0 Å². The van der Waals surface area contributed by atoms with E-state index < -0.39 is 18.0 Å². The molecule has 2 aliphatic rings. The van der Waals surface area contributed by atoms with Crippen LogP contribution < -0.4 is 5.32 Å². The zero-order chi connectivity index (χ0) is 25.2. The Balaban J connectivity index is 1.40. The fourth-order valence-electron chi connectivity index (χ4n) is 5.40. The number of hydrogen-bond donors (Lipinski definition) is 2. The molecule has 0 bridgehead atoms. The Morgan fingerprint density at radius 3 is 2.17 bits per heavy atom. The van der Waals surface area contributed by atoms with Crippen LogP contribution in [0.5, 0.6) is 0 Å². The summed E-state index contributed by atoms with van der Waals surface area (Å²) in [5.74, 6) is -1.74. The minimum Gasteiger partial charge on any atom is -0.480 e. The number of aliphatic carboxylic acids is 1. The molecule has 0 heterocycles. The largest absolute Gasteiger partial charge is 0.480 e. The van der Waals surface area contributed by atoms with Crippen LogP contribution in [0.15, 0.2) is 48.5 Å². The summed E-state index contributed by atoms with van der Waals surface area (Å²) in [5, 5.41) is 12.2. The van der Waals surface area contributed by atoms with Gasteiger partial charge in [0, 0.05) is 18.5 Å². The third-order valence-electron chi connectivity index (χ3n) is 6.78. The fraction of sp³-hybridized carbons (Fsp3) is 0.464. The number of fused-ring (bicyclic) bond motifs is 3. The summed E-state index contributed by atoms with van der Waals surface area (Å²) in [6, 6.07) is 16.0. The number of nitrogens with zero attached hydrogens (tertiary/aromatic N) is 1. The van der Waals surface area contributed by atoms with Gasteiger partial charge >= 0.3 is 12.1 Å². The Kier molecular flexibility index (Phi) is 7.15. The van der Waals surface area contributed by atoms with Gasteiger partial charge in [0.2, 0.25) is 5.91 Å². The number of carboxylic acid groups (broad SMARTS) is 1. The topological polar surface area (TPSA) is 95.9 Å². The van der Waals surface area contributed by atoms with Crippen molar-refractivity contribution in [2.45, 2.75) is 52.0 Å². The lowest BCUT2D eigenvalue weighted by Gasteiger charge is -2.32. The maximum absolute atomic E-state index is 13.3. The smallest absolute Gasteiger partial charge is 0.407 e. The molecule has 0 unspecified atom stereocenters. The lowest BCUT2D eigenvalue weighted by atomic mass is 9.94. The number of carbonyl (C=O) groups is 3. The Bertz CT molecular complexity index is 1060. The molecule has 2 N–H and O–H groups in total. The molecule has 2 aromatic rings. The SMILES string of the molecule is CC(C)(C)CN(CC(=O)O)C(=O)[C@H]1CCC[C@H]1NC(=O)OCC1c2ccccc2-c2ccccc21. The average Bonchev–Trinajstić information content (AvgIpc) is 3.38. The second-order valence-corrected chi connectivity index (χ2v) is 10.8. The molecule has 0 aromatic heterocycles. The minimum absolute atomic E-state index is 0.0352. The average molecular weight is 479 g/mol. The van der Waals surface area contributed by atoms with Gasteiger partial charge in [0.1, 0.15) is 13.2 Å². The molecular weight excluding hydrogens is 444 g/mol. The zero-order valence-electron chi connectivity index (χ0n) is 20.6. The van der Waals surface area contributed by atoms with E-state index in [9.17, 15) is 19.5 Å². The highest BCUT2D eigenvalue weighted by Gasteiger charge is 2.38. The molecule has 0 spiro atoms. The number of benzene rings is 2. The molecule has 2 atom stereocenters. The molecule has 1 saturated carbocycles. The summed E-state index contributed by atoms with van der Waals surface area (Å²) >= 11 is 0. The molecule has 0 radical (unpaired) electrons. The summed E-state index contributed by atoms with van der Waals surface area (Å²) in [5.41, 5.74) is 4.37. The first kappa shape index (κ1) is 24.8. The highest BCUT2D eigenvalue weighted by molar-refractivity contribution is 5.84. The number of rotatable bonds is 7. The van der Waals surface area contributed by atoms with Crippen molar-refractivity contribution >= 4 is 18.0 Å². The van der Waals surface area contributed by atoms with E-state index in [0.29, 0.717) is 19.4 Å². The molecule has 7 nitrogen and oxygen atoms in total. The van der Waals surface area contributed by atoms with E-state index in [2.05, 4.69) is 29.6 Å². The Morgan fingerprint density at radius 1 is 1.00 bits per heavy atom. The van der Waals surface area contributed by atoms with Crippen LogP contribution in [0.4, 0.5) is 4.79 Å². The molecule has 1 fully saturated rings. The second kappa shape index (κ2) is 10.1. The second-order valence-electron chi connectivity index (χ2n) is 10.8. The van der Waals surface area contributed by atoms with E-state index in [1.54, 1.807) is 0 Å². The van der Waals surface area contributed by atoms with Crippen LogP contribution in [0.2, 0.25) is 0 Å². The summed E-state index contributed by atoms with van der Waals surface area (Å²) < 4.78 is 5.67. The number of carboxylic acids is 1. The van der Waals surface area contributed by atoms with E-state index in [1.807, 2.05) is 45.0 Å². The van der Waals surface area contributed by atoms with Crippen molar-refractivity contribution in [3.05, 3.63) is 59.7 Å². The van der Waals surface area contributed by atoms with Crippen LogP contribution >= 0.6 is 0 Å². The summed E-state index contributed by atoms with van der Waals surface area (Å²) in [6.07, 6.45) is 1.53. The Morgan fingerprint density at radius 2 is 1.60 bits per heavy atom. The lowest BCUT2D eigenvalue weighted by Crippen LogP contribution is -2.49. The monoisotopic (exact) mass is 478 g/mol. The molecule has 2 aromatic carbocycles. The molecule has 0 saturated heterocycles. The van der Waals surface area contributed by atoms with Crippen molar-refractivity contribution < 1.29 is 24.2 Å². The molecule has 186 valence electrons. The minimum atomic E-state index is -1.04. The molecule has 2 amide bonds. The van der Waals surface area contributed by atoms with Crippen LogP contribution in [-0.4, -0.2) is 53.7 Å². The maximum Gasteiger partial charge on any atom is 0.407 e. The van der Waals surface area contributed by atoms with Crippen molar-refractivity contribution in [3.8, 4) is 11.1 Å². The maximum atomic E-state index is 13.3.